The van der Waals surface area contributed by atoms with Gasteiger partial charge >= 0.3 is 0 Å². The molecule has 0 saturated carbocycles. The first-order valence-electron chi connectivity index (χ1n) is 8.22. The van der Waals surface area contributed by atoms with Crippen LogP contribution in [0.3, 0.4) is 0 Å². The molecule has 27 heavy (non-hydrogen) atoms. The van der Waals surface area contributed by atoms with E-state index >= 15 is 0 Å². The third-order valence-corrected chi connectivity index (χ3v) is 5.71. The SMILES string of the molecule is COc1cccc([C@H]2O[C@]3(C)OC(=N)[C@]2(C#N)C(C#N)(C#N)[C@H]3C)c1OC. The zero-order chi connectivity index (χ0) is 20.0. The minimum Gasteiger partial charge on any atom is -0.493 e. The fraction of sp³-hybridized carbons (Fsp3) is 0.474. The molecule has 8 nitrogen and oxygen atoms in total. The molecule has 0 amide bonds. The highest BCUT2D eigenvalue weighted by Gasteiger charge is 2.78. The monoisotopic (exact) mass is 366 g/mol. The number of nitrogens with one attached hydrogen (secondary N) is 1. The number of ether oxygens (including phenoxy) is 4. The molecule has 4 atom stereocenters. The van der Waals surface area contributed by atoms with Gasteiger partial charge in [-0.05, 0) is 6.07 Å². The number of hydrogen-bond acceptors (Lipinski definition) is 8. The van der Waals surface area contributed by atoms with Gasteiger partial charge in [0.2, 0.25) is 11.7 Å². The topological polar surface area (TPSA) is 132 Å². The average molecular weight is 366 g/mol. The third kappa shape index (κ3) is 1.95. The lowest BCUT2D eigenvalue weighted by Crippen LogP contribution is -2.71. The van der Waals surface area contributed by atoms with Crippen LogP contribution in [0.25, 0.3) is 0 Å². The van der Waals surface area contributed by atoms with Crippen LogP contribution in [-0.2, 0) is 9.47 Å². The largest absolute Gasteiger partial charge is 0.493 e. The van der Waals surface area contributed by atoms with Crippen LogP contribution in [0.1, 0.15) is 25.5 Å². The number of rotatable bonds is 3. The van der Waals surface area contributed by atoms with Gasteiger partial charge in [-0.15, -0.1) is 0 Å². The molecule has 2 bridgehead atoms. The molecular formula is C19H18N4O4. The number of methoxy groups -OCH3 is 2. The summed E-state index contributed by atoms with van der Waals surface area (Å²) < 4.78 is 22.5. The molecule has 1 N–H and O–H groups in total. The lowest BCUT2D eigenvalue weighted by Gasteiger charge is -2.60. The van der Waals surface area contributed by atoms with Crippen molar-refractivity contribution in [1.29, 1.82) is 21.2 Å². The van der Waals surface area contributed by atoms with E-state index in [2.05, 4.69) is 0 Å². The molecule has 3 heterocycles. The molecule has 3 fully saturated rings. The Kier molecular flexibility index (Phi) is 4.03. The minimum atomic E-state index is -1.96. The predicted molar refractivity (Wildman–Crippen MR) is 91.5 cm³/mol. The van der Waals surface area contributed by atoms with E-state index in [4.69, 9.17) is 24.4 Å². The van der Waals surface area contributed by atoms with E-state index < -0.39 is 34.5 Å². The van der Waals surface area contributed by atoms with Crippen LogP contribution in [0.4, 0.5) is 0 Å². The molecule has 3 saturated heterocycles. The number of fused-ring (bicyclic) bond motifs is 3. The Labute approximate surface area is 156 Å². The fourth-order valence-electron chi connectivity index (χ4n) is 4.07. The molecule has 3 aliphatic heterocycles. The summed E-state index contributed by atoms with van der Waals surface area (Å²) in [5, 5.41) is 38.5. The van der Waals surface area contributed by atoms with Crippen molar-refractivity contribution in [2.75, 3.05) is 14.2 Å². The van der Waals surface area contributed by atoms with Gasteiger partial charge in [0.15, 0.2) is 22.3 Å². The summed E-state index contributed by atoms with van der Waals surface area (Å²) in [6.07, 6.45) is -1.13. The lowest BCUT2D eigenvalue weighted by molar-refractivity contribution is -0.338. The van der Waals surface area contributed by atoms with Crippen molar-refractivity contribution in [3.8, 4) is 29.7 Å². The minimum absolute atomic E-state index is 0.306. The van der Waals surface area contributed by atoms with Crippen molar-refractivity contribution in [2.45, 2.75) is 25.7 Å². The predicted octanol–water partition coefficient (Wildman–Crippen LogP) is 2.68. The second-order valence-electron chi connectivity index (χ2n) is 6.70. The van der Waals surface area contributed by atoms with Crippen molar-refractivity contribution in [3.05, 3.63) is 23.8 Å². The van der Waals surface area contributed by atoms with E-state index in [-0.39, 0.29) is 0 Å². The Morgan fingerprint density at radius 3 is 2.30 bits per heavy atom. The summed E-state index contributed by atoms with van der Waals surface area (Å²) in [5.41, 5.74) is -3.41. The Morgan fingerprint density at radius 1 is 1.11 bits per heavy atom. The molecule has 8 heteroatoms. The normalized spacial score (nSPS) is 33.1. The Bertz CT molecular complexity index is 926. The average Bonchev–Trinajstić information content (AvgIpc) is 2.68. The Hall–Kier alpha value is -3.28. The number of para-hydroxylation sites is 1. The van der Waals surface area contributed by atoms with Crippen molar-refractivity contribution >= 4 is 5.90 Å². The molecule has 138 valence electrons. The van der Waals surface area contributed by atoms with Gasteiger partial charge in [0.05, 0.1) is 38.3 Å². The van der Waals surface area contributed by atoms with E-state index in [1.165, 1.54) is 14.2 Å². The van der Waals surface area contributed by atoms with Gasteiger partial charge < -0.3 is 18.9 Å². The zero-order valence-electron chi connectivity index (χ0n) is 15.4. The smallest absolute Gasteiger partial charge is 0.215 e. The molecule has 0 spiro atoms. The Morgan fingerprint density at radius 2 is 1.78 bits per heavy atom. The van der Waals surface area contributed by atoms with Crippen molar-refractivity contribution in [2.24, 2.45) is 16.7 Å². The molecular weight excluding hydrogens is 348 g/mol. The van der Waals surface area contributed by atoms with Gasteiger partial charge in [-0.3, -0.25) is 5.41 Å². The second-order valence-corrected chi connectivity index (χ2v) is 6.70. The van der Waals surface area contributed by atoms with Gasteiger partial charge in [0.1, 0.15) is 6.10 Å². The van der Waals surface area contributed by atoms with E-state index in [1.54, 1.807) is 32.0 Å². The first-order valence-corrected chi connectivity index (χ1v) is 8.22. The molecule has 3 aliphatic rings. The molecule has 0 aliphatic carbocycles. The van der Waals surface area contributed by atoms with Gasteiger partial charge in [-0.2, -0.15) is 15.8 Å². The first-order chi connectivity index (χ1) is 12.8. The van der Waals surface area contributed by atoms with Gasteiger partial charge in [-0.25, -0.2) is 0 Å². The molecule has 4 rings (SSSR count). The van der Waals surface area contributed by atoms with E-state index in [1.807, 2.05) is 18.2 Å². The van der Waals surface area contributed by atoms with Crippen LogP contribution in [0.5, 0.6) is 11.5 Å². The van der Waals surface area contributed by atoms with Crippen molar-refractivity contribution < 1.29 is 18.9 Å². The summed E-state index contributed by atoms with van der Waals surface area (Å²) in [6, 6.07) is 11.0. The maximum Gasteiger partial charge on any atom is 0.215 e. The maximum atomic E-state index is 10.1. The molecule has 1 aromatic rings. The summed E-state index contributed by atoms with van der Waals surface area (Å²) >= 11 is 0. The quantitative estimate of drug-likeness (QED) is 0.869. The Balaban J connectivity index is 2.38. The number of nitrogens with zero attached hydrogens (tertiary/aromatic N) is 3. The second kappa shape index (κ2) is 5.87. The van der Waals surface area contributed by atoms with Crippen molar-refractivity contribution in [3.63, 3.8) is 0 Å². The standard InChI is InChI=1S/C19H18N4O4/c1-11-17(2)26-15(12-6-5-7-13(24-3)14(12)25-4)19(10-22,16(23)27-17)18(11,8-20)9-21/h5-7,11,15,23H,1-4H3/t11-,15+,17+,19+/m0/s1. The van der Waals surface area contributed by atoms with E-state index in [0.717, 1.165) is 0 Å². The maximum absolute atomic E-state index is 10.1. The van der Waals surface area contributed by atoms with Crippen LogP contribution in [0.2, 0.25) is 0 Å². The van der Waals surface area contributed by atoms with Crippen LogP contribution in [0, 0.1) is 56.2 Å². The summed E-state index contributed by atoms with van der Waals surface area (Å²) in [5.74, 6) is -1.96. The molecule has 0 aromatic heterocycles. The zero-order valence-corrected chi connectivity index (χ0v) is 15.4. The van der Waals surface area contributed by atoms with E-state index in [0.29, 0.717) is 17.1 Å². The van der Waals surface area contributed by atoms with Gasteiger partial charge in [-0.1, -0.05) is 19.1 Å². The van der Waals surface area contributed by atoms with Crippen LogP contribution in [-0.4, -0.2) is 25.9 Å². The van der Waals surface area contributed by atoms with Crippen LogP contribution >= 0.6 is 0 Å². The fourth-order valence-corrected chi connectivity index (χ4v) is 4.07. The highest BCUT2D eigenvalue weighted by Crippen LogP contribution is 2.67. The molecule has 0 unspecified atom stereocenters. The molecule has 0 radical (unpaired) electrons. The number of benzene rings is 1. The number of nitriles is 3. The lowest BCUT2D eigenvalue weighted by atomic mass is 9.51. The van der Waals surface area contributed by atoms with Crippen LogP contribution < -0.4 is 9.47 Å². The summed E-state index contributed by atoms with van der Waals surface area (Å²) in [6.45, 7) is 3.18. The van der Waals surface area contributed by atoms with Crippen LogP contribution in [0.15, 0.2) is 18.2 Å². The van der Waals surface area contributed by atoms with Gasteiger partial charge in [0, 0.05) is 12.5 Å². The van der Waals surface area contributed by atoms with Crippen molar-refractivity contribution in [1.82, 2.24) is 0 Å². The number of hydrogen-bond donors (Lipinski definition) is 1. The van der Waals surface area contributed by atoms with E-state index in [9.17, 15) is 15.8 Å². The highest BCUT2D eigenvalue weighted by atomic mass is 16.7. The summed E-state index contributed by atoms with van der Waals surface area (Å²) in [4.78, 5) is 0. The summed E-state index contributed by atoms with van der Waals surface area (Å²) in [7, 11) is 2.91. The first kappa shape index (κ1) is 18.5. The highest BCUT2D eigenvalue weighted by molar-refractivity contribution is 5.89. The van der Waals surface area contributed by atoms with Gasteiger partial charge in [0.25, 0.3) is 0 Å². The molecule has 1 aromatic carbocycles. The third-order valence-electron chi connectivity index (χ3n) is 5.71.